The molecule has 3 fully saturated rings. The summed E-state index contributed by atoms with van der Waals surface area (Å²) in [4.78, 5) is 25.5. The number of benzene rings is 1. The summed E-state index contributed by atoms with van der Waals surface area (Å²) < 4.78 is 27.4. The molecule has 4 rings (SSSR count). The van der Waals surface area contributed by atoms with Gasteiger partial charge in [-0.25, -0.2) is 8.42 Å². The SMILES string of the molecule is O=C(C1CCN(S(=O)(=O)c2cc([N+](=O)[O-])ccc2Cl)CC1)N1CCC[C@H]2CCCC[C@H]21. The van der Waals surface area contributed by atoms with Crippen molar-refractivity contribution in [3.8, 4) is 0 Å². The van der Waals surface area contributed by atoms with Gasteiger partial charge in [-0.15, -0.1) is 0 Å². The molecule has 2 atom stereocenters. The highest BCUT2D eigenvalue weighted by atomic mass is 35.5. The Morgan fingerprint density at radius 1 is 1.03 bits per heavy atom. The van der Waals surface area contributed by atoms with Gasteiger partial charge in [-0.1, -0.05) is 24.4 Å². The predicted molar refractivity (Wildman–Crippen MR) is 116 cm³/mol. The number of sulfonamides is 1. The lowest BCUT2D eigenvalue weighted by Gasteiger charge is -2.46. The number of nitrogens with zero attached hydrogens (tertiary/aromatic N) is 3. The molecule has 1 aromatic rings. The van der Waals surface area contributed by atoms with E-state index in [1.807, 2.05) is 0 Å². The van der Waals surface area contributed by atoms with E-state index in [0.717, 1.165) is 25.5 Å². The zero-order valence-electron chi connectivity index (χ0n) is 17.4. The minimum atomic E-state index is -3.97. The molecule has 0 spiro atoms. The Bertz CT molecular complexity index is 960. The maximum Gasteiger partial charge on any atom is 0.270 e. The molecular weight excluding hydrogens is 442 g/mol. The van der Waals surface area contributed by atoms with Crippen LogP contribution >= 0.6 is 11.6 Å². The molecule has 170 valence electrons. The van der Waals surface area contributed by atoms with Crippen LogP contribution in [0.5, 0.6) is 0 Å². The first-order valence-electron chi connectivity index (χ1n) is 11.0. The molecular formula is C21H28ClN3O5S. The fourth-order valence-corrected chi connectivity index (χ4v) is 7.38. The van der Waals surface area contributed by atoms with Crippen LogP contribution in [0, 0.1) is 22.0 Å². The molecule has 0 aromatic heterocycles. The molecule has 1 saturated carbocycles. The van der Waals surface area contributed by atoms with E-state index >= 15 is 0 Å². The number of carbonyl (C=O) groups is 1. The third kappa shape index (κ3) is 4.45. The molecule has 0 radical (unpaired) electrons. The molecule has 10 heteroatoms. The van der Waals surface area contributed by atoms with Crippen molar-refractivity contribution in [2.45, 2.75) is 62.3 Å². The van der Waals surface area contributed by atoms with Crippen LogP contribution in [0.15, 0.2) is 23.1 Å². The second-order valence-corrected chi connectivity index (χ2v) is 11.1. The minimum absolute atomic E-state index is 0.0412. The summed E-state index contributed by atoms with van der Waals surface area (Å²) in [7, 11) is -3.97. The maximum atomic E-state index is 13.3. The second kappa shape index (κ2) is 9.03. The highest BCUT2D eigenvalue weighted by molar-refractivity contribution is 7.89. The van der Waals surface area contributed by atoms with Gasteiger partial charge in [0, 0.05) is 43.7 Å². The summed E-state index contributed by atoms with van der Waals surface area (Å²) in [6, 6.07) is 3.77. The molecule has 3 aliphatic rings. The molecule has 2 heterocycles. The van der Waals surface area contributed by atoms with Gasteiger partial charge in [0.05, 0.1) is 9.95 Å². The van der Waals surface area contributed by atoms with E-state index in [9.17, 15) is 23.3 Å². The number of non-ortho nitro benzene ring substituents is 1. The van der Waals surface area contributed by atoms with Crippen molar-refractivity contribution < 1.29 is 18.1 Å². The molecule has 31 heavy (non-hydrogen) atoms. The molecule has 8 nitrogen and oxygen atoms in total. The predicted octanol–water partition coefficient (Wildman–Crippen LogP) is 3.83. The number of piperidine rings is 2. The first-order valence-corrected chi connectivity index (χ1v) is 12.9. The number of halogens is 1. The Morgan fingerprint density at radius 3 is 2.42 bits per heavy atom. The topological polar surface area (TPSA) is 101 Å². The molecule has 0 bridgehead atoms. The van der Waals surface area contributed by atoms with Gasteiger partial charge < -0.3 is 4.90 Å². The average Bonchev–Trinajstić information content (AvgIpc) is 2.78. The van der Waals surface area contributed by atoms with Crippen LogP contribution in [-0.2, 0) is 14.8 Å². The molecule has 2 aliphatic heterocycles. The number of hydrogen-bond acceptors (Lipinski definition) is 5. The van der Waals surface area contributed by atoms with Crippen LogP contribution < -0.4 is 0 Å². The van der Waals surface area contributed by atoms with Crippen LogP contribution in [0.3, 0.4) is 0 Å². The van der Waals surface area contributed by atoms with Gasteiger partial charge in [-0.2, -0.15) is 4.31 Å². The number of rotatable bonds is 4. The zero-order valence-corrected chi connectivity index (χ0v) is 19.0. The highest BCUT2D eigenvalue weighted by Crippen LogP contribution is 2.37. The summed E-state index contributed by atoms with van der Waals surface area (Å²) in [6.07, 6.45) is 7.87. The van der Waals surface area contributed by atoms with E-state index in [4.69, 9.17) is 11.6 Å². The van der Waals surface area contributed by atoms with Crippen molar-refractivity contribution in [1.82, 2.24) is 9.21 Å². The lowest BCUT2D eigenvalue weighted by molar-refractivity contribution is -0.385. The molecule has 1 amide bonds. The van der Waals surface area contributed by atoms with E-state index in [2.05, 4.69) is 4.90 Å². The van der Waals surface area contributed by atoms with Crippen molar-refractivity contribution >= 4 is 33.2 Å². The summed E-state index contributed by atoms with van der Waals surface area (Å²) in [6.45, 7) is 1.22. The number of nitro groups is 1. The van der Waals surface area contributed by atoms with E-state index < -0.39 is 14.9 Å². The number of nitro benzene ring substituents is 1. The highest BCUT2D eigenvalue weighted by Gasteiger charge is 2.40. The fourth-order valence-electron chi connectivity index (χ4n) is 5.42. The van der Waals surface area contributed by atoms with E-state index in [1.54, 1.807) is 0 Å². The van der Waals surface area contributed by atoms with Gasteiger partial charge in [0.15, 0.2) is 0 Å². The number of carbonyl (C=O) groups excluding carboxylic acids is 1. The Kier molecular flexibility index (Phi) is 6.55. The van der Waals surface area contributed by atoms with Crippen LogP contribution in [-0.4, -0.2) is 54.1 Å². The van der Waals surface area contributed by atoms with Crippen LogP contribution in [0.2, 0.25) is 5.02 Å². The first-order chi connectivity index (χ1) is 14.8. The standard InChI is InChI=1S/C21H28ClN3O5S/c22-18-8-7-17(25(27)28)14-20(18)31(29,30)23-12-9-16(10-13-23)21(26)24-11-3-5-15-4-1-2-6-19(15)24/h7-8,14-16,19H,1-6,9-13H2/t15-,19-/m1/s1. The lowest BCUT2D eigenvalue weighted by atomic mass is 9.77. The van der Waals surface area contributed by atoms with Crippen molar-refractivity contribution in [2.75, 3.05) is 19.6 Å². The molecule has 2 saturated heterocycles. The van der Waals surface area contributed by atoms with Crippen molar-refractivity contribution in [2.24, 2.45) is 11.8 Å². The monoisotopic (exact) mass is 469 g/mol. The number of amides is 1. The molecule has 1 aliphatic carbocycles. The molecule has 1 aromatic carbocycles. The quantitative estimate of drug-likeness (QED) is 0.492. The molecule has 0 N–H and O–H groups in total. The average molecular weight is 470 g/mol. The van der Waals surface area contributed by atoms with Gasteiger partial charge in [0.2, 0.25) is 15.9 Å². The van der Waals surface area contributed by atoms with Crippen molar-refractivity contribution in [3.05, 3.63) is 33.3 Å². The minimum Gasteiger partial charge on any atom is -0.339 e. The van der Waals surface area contributed by atoms with E-state index in [1.165, 1.54) is 42.1 Å². The van der Waals surface area contributed by atoms with Gasteiger partial charge >= 0.3 is 0 Å². The van der Waals surface area contributed by atoms with Gasteiger partial charge in [-0.3, -0.25) is 14.9 Å². The van der Waals surface area contributed by atoms with Gasteiger partial charge in [0.25, 0.3) is 5.69 Å². The Balaban J connectivity index is 1.44. The second-order valence-electron chi connectivity index (χ2n) is 8.84. The maximum absolute atomic E-state index is 13.3. The van der Waals surface area contributed by atoms with E-state index in [-0.39, 0.29) is 40.5 Å². The van der Waals surface area contributed by atoms with Crippen LogP contribution in [0.1, 0.15) is 51.4 Å². The Morgan fingerprint density at radius 2 is 1.71 bits per heavy atom. The normalized spacial score (nSPS) is 25.8. The molecule has 0 unspecified atom stereocenters. The third-order valence-electron chi connectivity index (χ3n) is 7.07. The zero-order chi connectivity index (χ0) is 22.2. The fraction of sp³-hybridized carbons (Fsp3) is 0.667. The summed E-state index contributed by atoms with van der Waals surface area (Å²) >= 11 is 6.06. The largest absolute Gasteiger partial charge is 0.339 e. The lowest BCUT2D eigenvalue weighted by Crippen LogP contribution is -2.53. The third-order valence-corrected chi connectivity index (χ3v) is 9.45. The Hall–Kier alpha value is -1.71. The smallest absolute Gasteiger partial charge is 0.270 e. The van der Waals surface area contributed by atoms with Crippen LogP contribution in [0.25, 0.3) is 0 Å². The summed E-state index contributed by atoms with van der Waals surface area (Å²) in [5, 5.41) is 11.0. The summed E-state index contributed by atoms with van der Waals surface area (Å²) in [5.41, 5.74) is -0.319. The van der Waals surface area contributed by atoms with Gasteiger partial charge in [0.1, 0.15) is 4.90 Å². The number of likely N-dealkylation sites (tertiary alicyclic amines) is 1. The number of fused-ring (bicyclic) bond motifs is 1. The van der Waals surface area contributed by atoms with Crippen molar-refractivity contribution in [1.29, 1.82) is 0 Å². The van der Waals surface area contributed by atoms with E-state index in [0.29, 0.717) is 24.8 Å². The Labute approximate surface area is 187 Å². The van der Waals surface area contributed by atoms with Crippen LogP contribution in [0.4, 0.5) is 5.69 Å². The number of hydrogen-bond donors (Lipinski definition) is 0. The summed E-state index contributed by atoms with van der Waals surface area (Å²) in [5.74, 6) is 0.609. The van der Waals surface area contributed by atoms with Gasteiger partial charge in [-0.05, 0) is 50.5 Å². The first kappa shape index (κ1) is 22.5. The van der Waals surface area contributed by atoms with Crippen molar-refractivity contribution in [3.63, 3.8) is 0 Å².